The molecule has 0 radical (unpaired) electrons. The van der Waals surface area contributed by atoms with Crippen LogP contribution >= 0.6 is 10.6 Å². The van der Waals surface area contributed by atoms with Gasteiger partial charge >= 0.3 is 0 Å². The van der Waals surface area contributed by atoms with Crippen LogP contribution in [-0.2, 0) is 19.4 Å². The second kappa shape index (κ2) is 10.2. The van der Waals surface area contributed by atoms with Crippen LogP contribution in [-0.4, -0.2) is 58.6 Å². The molecule has 0 amide bonds. The first-order valence-corrected chi connectivity index (χ1v) is 12.8. The predicted molar refractivity (Wildman–Crippen MR) is 121 cm³/mol. The van der Waals surface area contributed by atoms with E-state index in [0.717, 1.165) is 24.3 Å². The maximum Gasteiger partial charge on any atom is 0.270 e. The first-order chi connectivity index (χ1) is 15.0. The van der Waals surface area contributed by atoms with E-state index in [0.29, 0.717) is 18.8 Å². The highest BCUT2D eigenvalue weighted by atomic mass is 32.3. The zero-order chi connectivity index (χ0) is 24.1. The van der Waals surface area contributed by atoms with E-state index < -0.39 is 52.7 Å². The van der Waals surface area contributed by atoms with E-state index in [-0.39, 0.29) is 11.2 Å². The third-order valence-electron chi connectivity index (χ3n) is 4.81. The van der Waals surface area contributed by atoms with Crippen LogP contribution < -0.4 is 4.90 Å². The van der Waals surface area contributed by atoms with Crippen molar-refractivity contribution in [2.45, 2.75) is 28.9 Å². The summed E-state index contributed by atoms with van der Waals surface area (Å²) in [5, 5.41) is 8.88. The van der Waals surface area contributed by atoms with E-state index in [9.17, 15) is 37.2 Å². The summed E-state index contributed by atoms with van der Waals surface area (Å²) in [7, 11) is -8.39. The van der Waals surface area contributed by atoms with Crippen LogP contribution in [0.3, 0.4) is 0 Å². The molecule has 10 nitrogen and oxygen atoms in total. The van der Waals surface area contributed by atoms with E-state index in [1.807, 2.05) is 18.7 Å². The van der Waals surface area contributed by atoms with Crippen LogP contribution in [0.5, 0.6) is 0 Å². The van der Waals surface area contributed by atoms with E-state index in [4.69, 9.17) is 0 Å². The highest BCUT2D eigenvalue weighted by Crippen LogP contribution is 2.53. The standard InChI is InChI=1S/C20H24N2O8S2/c1-3-21(4-2)15-7-5-10-18(11-15)32(29,30)20(13-23)19(24)14-31(27,28)17-9-6-8-16(12-17)22(25)26/h5-13,20,29-30H,3-4,14H2,1-2H3. The normalized spacial score (nSPS) is 13.2. The van der Waals surface area contributed by atoms with Gasteiger partial charge in [-0.15, -0.1) is 0 Å². The van der Waals surface area contributed by atoms with Crippen molar-refractivity contribution in [2.75, 3.05) is 23.7 Å². The van der Waals surface area contributed by atoms with Crippen LogP contribution in [0.4, 0.5) is 11.4 Å². The number of nitrogens with zero attached hydrogens (tertiary/aromatic N) is 2. The summed E-state index contributed by atoms with van der Waals surface area (Å²) >= 11 is 0. The Bertz CT molecular complexity index is 1110. The molecule has 1 atom stereocenters. The Morgan fingerprint density at radius 1 is 1.09 bits per heavy atom. The average Bonchev–Trinajstić information content (AvgIpc) is 2.75. The average molecular weight is 485 g/mol. The van der Waals surface area contributed by atoms with Gasteiger partial charge in [0.25, 0.3) is 5.69 Å². The Morgan fingerprint density at radius 3 is 2.25 bits per heavy atom. The number of aldehydes is 1. The quantitative estimate of drug-likeness (QED) is 0.212. The molecule has 0 fully saturated rings. The minimum Gasteiger partial charge on any atom is -0.372 e. The molecule has 2 aromatic rings. The molecule has 12 heteroatoms. The Morgan fingerprint density at radius 2 is 1.69 bits per heavy atom. The van der Waals surface area contributed by atoms with Crippen molar-refractivity contribution in [1.29, 1.82) is 0 Å². The van der Waals surface area contributed by atoms with Crippen molar-refractivity contribution < 1.29 is 32.0 Å². The van der Waals surface area contributed by atoms with Gasteiger partial charge in [0.15, 0.2) is 20.9 Å². The van der Waals surface area contributed by atoms with Crippen LogP contribution in [0, 0.1) is 10.1 Å². The summed E-state index contributed by atoms with van der Waals surface area (Å²) in [6, 6.07) is 10.2. The number of carbonyl (C=O) groups is 2. The molecule has 0 aliphatic carbocycles. The van der Waals surface area contributed by atoms with Gasteiger partial charge in [-0.2, -0.15) is 10.6 Å². The number of nitro benzene ring substituents is 1. The smallest absolute Gasteiger partial charge is 0.270 e. The monoisotopic (exact) mass is 484 g/mol. The molecule has 0 spiro atoms. The van der Waals surface area contributed by atoms with E-state index in [2.05, 4.69) is 0 Å². The van der Waals surface area contributed by atoms with Gasteiger partial charge in [0.2, 0.25) is 0 Å². The lowest BCUT2D eigenvalue weighted by molar-refractivity contribution is -0.385. The Balaban J connectivity index is 2.36. The molecular weight excluding hydrogens is 460 g/mol. The number of non-ortho nitro benzene ring substituents is 1. The van der Waals surface area contributed by atoms with Gasteiger partial charge in [-0.1, -0.05) is 12.1 Å². The van der Waals surface area contributed by atoms with Crippen LogP contribution in [0.15, 0.2) is 58.3 Å². The SMILES string of the molecule is CCN(CC)c1cccc(S(O)(O)C(C=O)C(=O)CS(=O)(=O)c2cccc([N+](=O)[O-])c2)c1. The molecule has 0 aliphatic heterocycles. The number of anilines is 1. The lowest BCUT2D eigenvalue weighted by Gasteiger charge is -2.37. The maximum atomic E-state index is 12.7. The Labute approximate surface area is 187 Å². The van der Waals surface area contributed by atoms with Crippen LogP contribution in [0.1, 0.15) is 13.8 Å². The van der Waals surface area contributed by atoms with E-state index >= 15 is 0 Å². The Kier molecular flexibility index (Phi) is 8.13. The third-order valence-corrected chi connectivity index (χ3v) is 8.47. The number of Topliss-reactive ketones (excluding diaryl/α,β-unsaturated/α-hetero) is 1. The Hall–Kier alpha value is -2.80. The second-order valence-corrected chi connectivity index (χ2v) is 11.0. The van der Waals surface area contributed by atoms with Gasteiger partial charge in [-0.25, -0.2) is 8.42 Å². The summed E-state index contributed by atoms with van der Waals surface area (Å²) in [5.74, 6) is -2.44. The fraction of sp³-hybridized carbons (Fsp3) is 0.300. The van der Waals surface area contributed by atoms with Crippen molar-refractivity contribution in [3.8, 4) is 0 Å². The molecule has 0 saturated heterocycles. The molecule has 2 N–H and O–H groups in total. The number of hydrogen-bond donors (Lipinski definition) is 2. The molecule has 0 aromatic heterocycles. The van der Waals surface area contributed by atoms with Crippen LogP contribution in [0.25, 0.3) is 0 Å². The van der Waals surface area contributed by atoms with Crippen molar-refractivity contribution >= 4 is 43.9 Å². The zero-order valence-electron chi connectivity index (χ0n) is 17.4. The lowest BCUT2D eigenvalue weighted by Crippen LogP contribution is -2.34. The van der Waals surface area contributed by atoms with Crippen molar-refractivity contribution in [2.24, 2.45) is 0 Å². The lowest BCUT2D eigenvalue weighted by atomic mass is 10.3. The van der Waals surface area contributed by atoms with Gasteiger partial charge in [0.1, 0.15) is 12.0 Å². The minimum atomic E-state index is -4.37. The molecule has 0 bridgehead atoms. The first-order valence-electron chi connectivity index (χ1n) is 9.55. The molecule has 2 aromatic carbocycles. The molecule has 0 heterocycles. The number of hydrogen-bond acceptors (Lipinski definition) is 9. The van der Waals surface area contributed by atoms with Crippen molar-refractivity contribution in [1.82, 2.24) is 0 Å². The summed E-state index contributed by atoms with van der Waals surface area (Å²) < 4.78 is 46.7. The molecular formula is C20H24N2O8S2. The number of rotatable bonds is 11. The summed E-state index contributed by atoms with van der Waals surface area (Å²) in [4.78, 5) is 35.8. The molecule has 0 saturated carbocycles. The number of nitro groups is 1. The first kappa shape index (κ1) is 25.5. The molecule has 0 aliphatic rings. The maximum absolute atomic E-state index is 12.7. The van der Waals surface area contributed by atoms with Gasteiger partial charge in [0.05, 0.1) is 14.7 Å². The van der Waals surface area contributed by atoms with E-state index in [1.165, 1.54) is 12.1 Å². The highest BCUT2D eigenvalue weighted by molar-refractivity contribution is 8.26. The number of ketones is 1. The number of benzene rings is 2. The number of carbonyl (C=O) groups excluding carboxylic acids is 2. The number of sulfone groups is 1. The van der Waals surface area contributed by atoms with Crippen molar-refractivity contribution in [3.05, 3.63) is 58.6 Å². The topological polar surface area (TPSA) is 155 Å². The highest BCUT2D eigenvalue weighted by Gasteiger charge is 2.37. The van der Waals surface area contributed by atoms with E-state index in [1.54, 1.807) is 12.1 Å². The summed E-state index contributed by atoms with van der Waals surface area (Å²) in [5.41, 5.74) is 0.164. The third kappa shape index (κ3) is 5.51. The van der Waals surface area contributed by atoms with Crippen molar-refractivity contribution in [3.63, 3.8) is 0 Å². The van der Waals surface area contributed by atoms with Gasteiger partial charge in [-0.05, 0) is 38.1 Å². The van der Waals surface area contributed by atoms with Crippen LogP contribution in [0.2, 0.25) is 0 Å². The van der Waals surface area contributed by atoms with Gasteiger partial charge < -0.3 is 9.69 Å². The zero-order valence-corrected chi connectivity index (χ0v) is 19.1. The van der Waals surface area contributed by atoms with Gasteiger partial charge in [-0.3, -0.25) is 24.0 Å². The molecule has 1 unspecified atom stereocenters. The molecule has 174 valence electrons. The fourth-order valence-corrected chi connectivity index (χ4v) is 5.97. The summed E-state index contributed by atoms with van der Waals surface area (Å²) in [6.07, 6.45) is 0.0186. The van der Waals surface area contributed by atoms with Gasteiger partial charge in [0, 0.05) is 30.9 Å². The largest absolute Gasteiger partial charge is 0.372 e. The fourth-order valence-electron chi connectivity index (χ4n) is 3.08. The molecule has 32 heavy (non-hydrogen) atoms. The summed E-state index contributed by atoms with van der Waals surface area (Å²) in [6.45, 7) is 5.09. The second-order valence-electron chi connectivity index (χ2n) is 6.80. The predicted octanol–water partition coefficient (Wildman–Crippen LogP) is 3.16. The molecule has 2 rings (SSSR count). The minimum absolute atomic E-state index is 0.0186.